The summed E-state index contributed by atoms with van der Waals surface area (Å²) in [6, 6.07) is 5.22. The molecule has 2 saturated heterocycles. The van der Waals surface area contributed by atoms with Crippen molar-refractivity contribution in [2.75, 3.05) is 39.3 Å². The molecule has 1 aromatic rings. The summed E-state index contributed by atoms with van der Waals surface area (Å²) in [5, 5.41) is 5.72. The van der Waals surface area contributed by atoms with Crippen LogP contribution in [-0.4, -0.2) is 55.1 Å². The molecule has 1 aromatic heterocycles. The fourth-order valence-corrected chi connectivity index (χ4v) is 4.33. The summed E-state index contributed by atoms with van der Waals surface area (Å²) < 4.78 is 0. The summed E-state index contributed by atoms with van der Waals surface area (Å²) in [6.45, 7) is 8.65. The van der Waals surface area contributed by atoms with Crippen LogP contribution in [0.15, 0.2) is 17.5 Å². The van der Waals surface area contributed by atoms with Crippen LogP contribution in [0.5, 0.6) is 0 Å². The summed E-state index contributed by atoms with van der Waals surface area (Å²) >= 11 is 1.84. The van der Waals surface area contributed by atoms with Crippen molar-refractivity contribution in [1.82, 2.24) is 15.1 Å². The summed E-state index contributed by atoms with van der Waals surface area (Å²) in [6.07, 6.45) is 7.06. The minimum Gasteiger partial charge on any atom is -0.311 e. The molecule has 0 spiro atoms. The minimum absolute atomic E-state index is 0.876. The van der Waals surface area contributed by atoms with Gasteiger partial charge in [0.15, 0.2) is 0 Å². The Bertz CT molecular complexity index is 379. The zero-order valence-electron chi connectivity index (χ0n) is 13.1. The minimum atomic E-state index is 0.876. The second-order valence-corrected chi connectivity index (χ2v) is 7.46. The van der Waals surface area contributed by atoms with Crippen molar-refractivity contribution in [2.24, 2.45) is 0 Å². The van der Waals surface area contributed by atoms with Gasteiger partial charge in [-0.2, -0.15) is 0 Å². The predicted octanol–water partition coefficient (Wildman–Crippen LogP) is 2.79. The van der Waals surface area contributed by atoms with Crippen molar-refractivity contribution in [3.63, 3.8) is 0 Å². The normalized spacial score (nSPS) is 22.7. The SMILES string of the molecule is c1csc(CNCCN2CCC(N3CCCCC3)CC2)c1. The molecule has 3 heterocycles. The summed E-state index contributed by atoms with van der Waals surface area (Å²) in [4.78, 5) is 6.84. The van der Waals surface area contributed by atoms with Crippen LogP contribution >= 0.6 is 11.3 Å². The molecule has 0 atom stereocenters. The lowest BCUT2D eigenvalue weighted by Gasteiger charge is -2.40. The molecule has 118 valence electrons. The van der Waals surface area contributed by atoms with E-state index in [1.165, 1.54) is 69.7 Å². The fourth-order valence-electron chi connectivity index (χ4n) is 3.65. The molecule has 0 amide bonds. The molecule has 3 nitrogen and oxygen atoms in total. The lowest BCUT2D eigenvalue weighted by atomic mass is 10.00. The van der Waals surface area contributed by atoms with E-state index in [2.05, 4.69) is 32.6 Å². The Hall–Kier alpha value is -0.420. The van der Waals surface area contributed by atoms with E-state index in [1.807, 2.05) is 11.3 Å². The first-order valence-corrected chi connectivity index (χ1v) is 9.49. The Morgan fingerprint density at radius 3 is 2.62 bits per heavy atom. The molecule has 2 fully saturated rings. The largest absolute Gasteiger partial charge is 0.311 e. The van der Waals surface area contributed by atoms with E-state index in [0.717, 1.165) is 19.1 Å². The van der Waals surface area contributed by atoms with E-state index >= 15 is 0 Å². The molecule has 1 N–H and O–H groups in total. The second kappa shape index (κ2) is 8.28. The Labute approximate surface area is 133 Å². The first-order chi connectivity index (χ1) is 10.4. The first kappa shape index (κ1) is 15.5. The van der Waals surface area contributed by atoms with E-state index < -0.39 is 0 Å². The highest BCUT2D eigenvalue weighted by Crippen LogP contribution is 2.20. The zero-order chi connectivity index (χ0) is 14.3. The van der Waals surface area contributed by atoms with Crippen LogP contribution in [0.3, 0.4) is 0 Å². The predicted molar refractivity (Wildman–Crippen MR) is 90.9 cm³/mol. The summed E-state index contributed by atoms with van der Waals surface area (Å²) in [5.41, 5.74) is 0. The van der Waals surface area contributed by atoms with E-state index in [-0.39, 0.29) is 0 Å². The standard InChI is InChI=1S/C17H29N3S/c1-2-9-20(10-3-1)16-6-11-19(12-7-16)13-8-18-15-17-5-4-14-21-17/h4-5,14,16,18H,1-3,6-13,15H2. The molecule has 0 aromatic carbocycles. The molecule has 0 bridgehead atoms. The number of nitrogens with zero attached hydrogens (tertiary/aromatic N) is 2. The monoisotopic (exact) mass is 307 g/mol. The zero-order valence-corrected chi connectivity index (χ0v) is 13.9. The average molecular weight is 308 g/mol. The molecule has 0 unspecified atom stereocenters. The van der Waals surface area contributed by atoms with Gasteiger partial charge in [-0.25, -0.2) is 0 Å². The van der Waals surface area contributed by atoms with Crippen molar-refractivity contribution in [3.8, 4) is 0 Å². The van der Waals surface area contributed by atoms with Gasteiger partial charge in [0.25, 0.3) is 0 Å². The smallest absolute Gasteiger partial charge is 0.0300 e. The Kier molecular flexibility index (Phi) is 6.10. The van der Waals surface area contributed by atoms with Gasteiger partial charge in [-0.05, 0) is 63.3 Å². The Morgan fingerprint density at radius 2 is 1.90 bits per heavy atom. The van der Waals surface area contributed by atoms with Gasteiger partial charge >= 0.3 is 0 Å². The topological polar surface area (TPSA) is 18.5 Å². The maximum atomic E-state index is 3.57. The van der Waals surface area contributed by atoms with Crippen LogP contribution in [0.4, 0.5) is 0 Å². The summed E-state index contributed by atoms with van der Waals surface area (Å²) in [5.74, 6) is 0. The van der Waals surface area contributed by atoms with E-state index in [4.69, 9.17) is 0 Å². The molecular weight excluding hydrogens is 278 g/mol. The van der Waals surface area contributed by atoms with Crippen LogP contribution in [0.25, 0.3) is 0 Å². The van der Waals surface area contributed by atoms with Crippen molar-refractivity contribution in [2.45, 2.75) is 44.7 Å². The lowest BCUT2D eigenvalue weighted by molar-refractivity contribution is 0.0929. The van der Waals surface area contributed by atoms with Crippen molar-refractivity contribution in [3.05, 3.63) is 22.4 Å². The molecule has 3 rings (SSSR count). The van der Waals surface area contributed by atoms with Gasteiger partial charge in [-0.1, -0.05) is 12.5 Å². The highest BCUT2D eigenvalue weighted by atomic mass is 32.1. The van der Waals surface area contributed by atoms with Gasteiger partial charge < -0.3 is 15.1 Å². The molecular formula is C17H29N3S. The molecule has 0 radical (unpaired) electrons. The third kappa shape index (κ3) is 4.78. The summed E-state index contributed by atoms with van der Waals surface area (Å²) in [7, 11) is 0. The molecule has 0 aliphatic carbocycles. The van der Waals surface area contributed by atoms with Crippen LogP contribution in [0.2, 0.25) is 0 Å². The van der Waals surface area contributed by atoms with Crippen LogP contribution < -0.4 is 5.32 Å². The number of hydrogen-bond acceptors (Lipinski definition) is 4. The highest BCUT2D eigenvalue weighted by molar-refractivity contribution is 7.09. The molecule has 21 heavy (non-hydrogen) atoms. The Balaban J connectivity index is 1.28. The van der Waals surface area contributed by atoms with Crippen LogP contribution in [-0.2, 0) is 6.54 Å². The number of nitrogens with one attached hydrogen (secondary N) is 1. The number of likely N-dealkylation sites (tertiary alicyclic amines) is 2. The number of thiophene rings is 1. The molecule has 0 saturated carbocycles. The number of piperidine rings is 2. The van der Waals surface area contributed by atoms with Crippen LogP contribution in [0, 0.1) is 0 Å². The van der Waals surface area contributed by atoms with Gasteiger partial charge in [-0.3, -0.25) is 0 Å². The van der Waals surface area contributed by atoms with Gasteiger partial charge in [0.1, 0.15) is 0 Å². The van der Waals surface area contributed by atoms with Crippen LogP contribution in [0.1, 0.15) is 37.0 Å². The highest BCUT2D eigenvalue weighted by Gasteiger charge is 2.25. The quantitative estimate of drug-likeness (QED) is 0.815. The third-order valence-electron chi connectivity index (χ3n) is 4.95. The maximum absolute atomic E-state index is 3.57. The van der Waals surface area contributed by atoms with Gasteiger partial charge in [0, 0.05) is 30.6 Å². The first-order valence-electron chi connectivity index (χ1n) is 8.61. The Morgan fingerprint density at radius 1 is 1.10 bits per heavy atom. The second-order valence-electron chi connectivity index (χ2n) is 6.43. The fraction of sp³-hybridized carbons (Fsp3) is 0.765. The number of hydrogen-bond donors (Lipinski definition) is 1. The van der Waals surface area contributed by atoms with Gasteiger partial charge in [-0.15, -0.1) is 11.3 Å². The lowest BCUT2D eigenvalue weighted by Crippen LogP contribution is -2.47. The third-order valence-corrected chi connectivity index (χ3v) is 5.82. The van der Waals surface area contributed by atoms with E-state index in [0.29, 0.717) is 0 Å². The van der Waals surface area contributed by atoms with Gasteiger partial charge in [0.05, 0.1) is 0 Å². The van der Waals surface area contributed by atoms with Crippen molar-refractivity contribution < 1.29 is 0 Å². The average Bonchev–Trinajstić information content (AvgIpc) is 3.06. The maximum Gasteiger partial charge on any atom is 0.0300 e. The molecule has 2 aliphatic rings. The number of rotatable bonds is 6. The van der Waals surface area contributed by atoms with Crippen molar-refractivity contribution in [1.29, 1.82) is 0 Å². The van der Waals surface area contributed by atoms with E-state index in [9.17, 15) is 0 Å². The van der Waals surface area contributed by atoms with Gasteiger partial charge in [0.2, 0.25) is 0 Å². The molecule has 4 heteroatoms. The van der Waals surface area contributed by atoms with Crippen molar-refractivity contribution >= 4 is 11.3 Å². The van der Waals surface area contributed by atoms with E-state index in [1.54, 1.807) is 0 Å². The molecule has 2 aliphatic heterocycles.